The summed E-state index contributed by atoms with van der Waals surface area (Å²) in [6.07, 6.45) is 0. The molecular formula is C5H11ClO2. The van der Waals surface area contributed by atoms with Crippen LogP contribution in [0.2, 0.25) is 0 Å². The van der Waals surface area contributed by atoms with Gasteiger partial charge in [-0.05, 0) is 6.92 Å². The summed E-state index contributed by atoms with van der Waals surface area (Å²) in [4.78, 5) is 9.82. The molecule has 3 heteroatoms. The fourth-order valence-corrected chi connectivity index (χ4v) is 0.203. The van der Waals surface area contributed by atoms with E-state index in [0.29, 0.717) is 6.61 Å². The van der Waals surface area contributed by atoms with Crippen LogP contribution >= 0.6 is 12.4 Å². The molecule has 0 aromatic heterocycles. The fraction of sp³-hybridized carbons (Fsp3) is 0.600. The number of esters is 1. The molecule has 8 heavy (non-hydrogen) atoms. The number of ether oxygens (including phenoxy) is 1. The summed E-state index contributed by atoms with van der Waals surface area (Å²) in [6.45, 7) is 3.65. The Morgan fingerprint density at radius 1 is 1.62 bits per heavy atom. The Hall–Kier alpha value is -0.240. The lowest BCUT2D eigenvalue weighted by Crippen LogP contribution is -1.95. The summed E-state index contributed by atoms with van der Waals surface area (Å²) in [5.74, 6) is -0.211. The second kappa shape index (κ2) is 9.90. The molecule has 0 N–H and O–H groups in total. The number of halogens is 1. The van der Waals surface area contributed by atoms with Gasteiger partial charge in [0.1, 0.15) is 0 Å². The average molecular weight is 139 g/mol. The summed E-state index contributed by atoms with van der Waals surface area (Å²) < 4.78 is 4.40. The van der Waals surface area contributed by atoms with E-state index in [1.165, 1.54) is 6.92 Å². The third kappa shape index (κ3) is 17.1. The third-order valence-corrected chi connectivity index (χ3v) is 0.348. The van der Waals surface area contributed by atoms with Crippen molar-refractivity contribution in [1.82, 2.24) is 0 Å². The van der Waals surface area contributed by atoms with E-state index in [1.54, 1.807) is 6.92 Å². The van der Waals surface area contributed by atoms with Crippen molar-refractivity contribution in [3.63, 3.8) is 0 Å². The lowest BCUT2D eigenvalue weighted by molar-refractivity contribution is -0.140. The molecule has 0 fully saturated rings. The summed E-state index contributed by atoms with van der Waals surface area (Å²) in [7, 11) is 0. The first-order valence-corrected chi connectivity index (χ1v) is 1.90. The van der Waals surface area contributed by atoms with Gasteiger partial charge in [0.15, 0.2) is 0 Å². The van der Waals surface area contributed by atoms with E-state index < -0.39 is 0 Å². The van der Waals surface area contributed by atoms with Crippen molar-refractivity contribution in [2.75, 3.05) is 6.61 Å². The van der Waals surface area contributed by atoms with E-state index in [4.69, 9.17) is 0 Å². The minimum atomic E-state index is -0.211. The number of carbonyl (C=O) groups is 1. The van der Waals surface area contributed by atoms with Crippen LogP contribution < -0.4 is 0 Å². The van der Waals surface area contributed by atoms with Gasteiger partial charge in [0.05, 0.1) is 6.61 Å². The Labute approximate surface area is 56.6 Å². The van der Waals surface area contributed by atoms with Crippen LogP contribution in [0.4, 0.5) is 0 Å². The molecule has 2 nitrogen and oxygen atoms in total. The molecule has 0 spiro atoms. The van der Waals surface area contributed by atoms with Gasteiger partial charge in [-0.2, -0.15) is 0 Å². The van der Waals surface area contributed by atoms with E-state index in [9.17, 15) is 4.79 Å². The molecule has 0 aliphatic carbocycles. The predicted octanol–water partition coefficient (Wildman–Crippen LogP) is 1.32. The van der Waals surface area contributed by atoms with Crippen molar-refractivity contribution in [3.05, 3.63) is 7.43 Å². The van der Waals surface area contributed by atoms with E-state index in [-0.39, 0.29) is 25.8 Å². The van der Waals surface area contributed by atoms with E-state index in [2.05, 4.69) is 4.74 Å². The van der Waals surface area contributed by atoms with Crippen LogP contribution in [0.1, 0.15) is 13.8 Å². The van der Waals surface area contributed by atoms with Crippen LogP contribution in [-0.2, 0) is 9.53 Å². The molecule has 0 heterocycles. The molecule has 0 rings (SSSR count). The van der Waals surface area contributed by atoms with Crippen molar-refractivity contribution in [3.8, 4) is 0 Å². The first-order chi connectivity index (χ1) is 2.77. The predicted molar refractivity (Wildman–Crippen MR) is 34.9 cm³/mol. The highest BCUT2D eigenvalue weighted by Crippen LogP contribution is 1.69. The van der Waals surface area contributed by atoms with Crippen LogP contribution in [0.5, 0.6) is 0 Å². The normalized spacial score (nSPS) is 5.75. The molecule has 0 unspecified atom stereocenters. The largest absolute Gasteiger partial charge is 0.466 e. The molecule has 0 atom stereocenters. The molecule has 0 bridgehead atoms. The molecular weight excluding hydrogens is 128 g/mol. The van der Waals surface area contributed by atoms with Gasteiger partial charge in [-0.1, -0.05) is 7.43 Å². The maximum absolute atomic E-state index is 9.82. The Bertz CT molecular complexity index is 54.4. The van der Waals surface area contributed by atoms with Crippen molar-refractivity contribution in [2.24, 2.45) is 0 Å². The van der Waals surface area contributed by atoms with Crippen LogP contribution in [0, 0.1) is 7.43 Å². The standard InChI is InChI=1S/C4H8O2.CH2.ClH/c1-3-6-4(2)5;;/h3H2,1-2H3;1H2;1H. The maximum Gasteiger partial charge on any atom is 0.302 e. The van der Waals surface area contributed by atoms with Crippen LogP contribution in [0.25, 0.3) is 0 Å². The lowest BCUT2D eigenvalue weighted by Gasteiger charge is -1.89. The molecule has 50 valence electrons. The fourth-order valence-electron chi connectivity index (χ4n) is 0.203. The minimum absolute atomic E-state index is 0. The van der Waals surface area contributed by atoms with Crippen molar-refractivity contribution in [2.45, 2.75) is 13.8 Å². The number of hydrogen-bond acceptors (Lipinski definition) is 2. The van der Waals surface area contributed by atoms with Gasteiger partial charge in [-0.15, -0.1) is 12.4 Å². The van der Waals surface area contributed by atoms with Gasteiger partial charge in [0.2, 0.25) is 0 Å². The van der Waals surface area contributed by atoms with Crippen LogP contribution in [0.3, 0.4) is 0 Å². The summed E-state index contributed by atoms with van der Waals surface area (Å²) in [5.41, 5.74) is 0. The SMILES string of the molecule is CCOC(C)=O.Cl.[CH2]. The molecule has 0 saturated carbocycles. The van der Waals surface area contributed by atoms with Crippen LogP contribution in [0.15, 0.2) is 0 Å². The third-order valence-electron chi connectivity index (χ3n) is 0.348. The molecule has 0 amide bonds. The van der Waals surface area contributed by atoms with Crippen molar-refractivity contribution < 1.29 is 9.53 Å². The zero-order valence-corrected chi connectivity index (χ0v) is 5.96. The summed E-state index contributed by atoms with van der Waals surface area (Å²) >= 11 is 0. The second-order valence-electron chi connectivity index (χ2n) is 0.925. The van der Waals surface area contributed by atoms with Gasteiger partial charge in [-0.25, -0.2) is 0 Å². The topological polar surface area (TPSA) is 26.3 Å². The monoisotopic (exact) mass is 138 g/mol. The second-order valence-corrected chi connectivity index (χ2v) is 0.925. The molecule has 0 aliphatic rings. The molecule has 0 aromatic carbocycles. The smallest absolute Gasteiger partial charge is 0.302 e. The first-order valence-electron chi connectivity index (χ1n) is 1.90. The number of rotatable bonds is 1. The Kier molecular flexibility index (Phi) is 19.4. The molecule has 0 aromatic rings. The molecule has 0 saturated heterocycles. The quantitative estimate of drug-likeness (QED) is 0.511. The summed E-state index contributed by atoms with van der Waals surface area (Å²) in [5, 5.41) is 0. The van der Waals surface area contributed by atoms with Gasteiger partial charge < -0.3 is 4.74 Å². The van der Waals surface area contributed by atoms with Gasteiger partial charge in [0, 0.05) is 6.92 Å². The first kappa shape index (κ1) is 15.7. The average Bonchev–Trinajstić information content (AvgIpc) is 1.35. The summed E-state index contributed by atoms with van der Waals surface area (Å²) in [6, 6.07) is 0. The maximum atomic E-state index is 9.82. The Balaban J connectivity index is -0.000000125. The zero-order chi connectivity index (χ0) is 4.99. The van der Waals surface area contributed by atoms with E-state index in [1.807, 2.05) is 0 Å². The lowest BCUT2D eigenvalue weighted by atomic mass is 10.8. The number of hydrogen-bond donors (Lipinski definition) is 0. The van der Waals surface area contributed by atoms with Crippen LogP contribution in [-0.4, -0.2) is 12.6 Å². The Morgan fingerprint density at radius 2 is 2.00 bits per heavy atom. The van der Waals surface area contributed by atoms with Gasteiger partial charge in [-0.3, -0.25) is 4.79 Å². The Morgan fingerprint density at radius 3 is 2.00 bits per heavy atom. The molecule has 2 radical (unpaired) electrons. The van der Waals surface area contributed by atoms with E-state index in [0.717, 1.165) is 0 Å². The zero-order valence-electron chi connectivity index (χ0n) is 5.14. The minimum Gasteiger partial charge on any atom is -0.466 e. The van der Waals surface area contributed by atoms with Gasteiger partial charge in [0.25, 0.3) is 0 Å². The van der Waals surface area contributed by atoms with Crippen molar-refractivity contribution in [1.29, 1.82) is 0 Å². The van der Waals surface area contributed by atoms with Crippen molar-refractivity contribution >= 4 is 18.4 Å². The van der Waals surface area contributed by atoms with E-state index >= 15 is 0 Å². The highest BCUT2D eigenvalue weighted by Gasteiger charge is 1.81. The highest BCUT2D eigenvalue weighted by molar-refractivity contribution is 5.85. The highest BCUT2D eigenvalue weighted by atomic mass is 35.5. The van der Waals surface area contributed by atoms with Gasteiger partial charge >= 0.3 is 5.97 Å². The number of carbonyl (C=O) groups excluding carboxylic acids is 1. The molecule has 0 aliphatic heterocycles.